The molecule has 1 rings (SSSR count). The van der Waals surface area contributed by atoms with Crippen molar-refractivity contribution in [1.29, 1.82) is 0 Å². The lowest BCUT2D eigenvalue weighted by molar-refractivity contribution is 0.263. The van der Waals surface area contributed by atoms with Crippen molar-refractivity contribution in [1.82, 2.24) is 19.8 Å². The zero-order chi connectivity index (χ0) is 13.8. The zero-order valence-corrected chi connectivity index (χ0v) is 12.7. The van der Waals surface area contributed by atoms with Gasteiger partial charge < -0.3 is 14.8 Å². The minimum atomic E-state index is -0.0273. The second kappa shape index (κ2) is 6.34. The van der Waals surface area contributed by atoms with Crippen LogP contribution >= 0.6 is 0 Å². The average molecular weight is 252 g/mol. The van der Waals surface area contributed by atoms with Gasteiger partial charge in [-0.25, -0.2) is 4.98 Å². The highest BCUT2D eigenvalue weighted by Gasteiger charge is 2.21. The van der Waals surface area contributed by atoms with Crippen LogP contribution in [-0.2, 0) is 12.1 Å². The number of nitrogens with zero attached hydrogens (tertiary/aromatic N) is 3. The molecule has 0 amide bonds. The fraction of sp³-hybridized carbons (Fsp3) is 0.786. The topological polar surface area (TPSA) is 33.1 Å². The second-order valence-corrected chi connectivity index (χ2v) is 5.78. The summed E-state index contributed by atoms with van der Waals surface area (Å²) in [5.41, 5.74) is 1.22. The lowest BCUT2D eigenvalue weighted by Gasteiger charge is -2.26. The molecule has 0 aliphatic heterocycles. The molecular formula is C14H28N4. The van der Waals surface area contributed by atoms with Crippen molar-refractivity contribution < 1.29 is 0 Å². The molecule has 0 saturated carbocycles. The summed E-state index contributed by atoms with van der Waals surface area (Å²) < 4.78 is 2.25. The predicted molar refractivity (Wildman–Crippen MR) is 76.7 cm³/mol. The first-order valence-electron chi connectivity index (χ1n) is 6.78. The Morgan fingerprint density at radius 1 is 1.44 bits per heavy atom. The summed E-state index contributed by atoms with van der Waals surface area (Å²) in [5.74, 6) is 0. The normalized spacial score (nSPS) is 12.7. The van der Waals surface area contributed by atoms with Crippen LogP contribution < -0.4 is 5.32 Å². The molecular weight excluding hydrogens is 224 g/mol. The molecule has 0 saturated heterocycles. The third-order valence-electron chi connectivity index (χ3n) is 3.77. The van der Waals surface area contributed by atoms with Gasteiger partial charge in [-0.15, -0.1) is 0 Å². The molecule has 0 aliphatic carbocycles. The molecule has 0 radical (unpaired) electrons. The molecule has 1 aromatic heterocycles. The van der Waals surface area contributed by atoms with Crippen molar-refractivity contribution in [2.24, 2.45) is 0 Å². The average Bonchev–Trinajstić information content (AvgIpc) is 2.77. The Balaban J connectivity index is 2.56. The summed E-state index contributed by atoms with van der Waals surface area (Å²) in [7, 11) is 4.17. The molecule has 0 bridgehead atoms. The van der Waals surface area contributed by atoms with Crippen LogP contribution in [-0.4, -0.2) is 41.1 Å². The van der Waals surface area contributed by atoms with E-state index < -0.39 is 0 Å². The summed E-state index contributed by atoms with van der Waals surface area (Å²) >= 11 is 0. The fourth-order valence-corrected chi connectivity index (χ4v) is 1.90. The van der Waals surface area contributed by atoms with Gasteiger partial charge in [0, 0.05) is 18.8 Å². The Hall–Kier alpha value is -0.870. The molecule has 1 N–H and O–H groups in total. The molecule has 1 aromatic rings. The SMILES string of the molecule is CNC(C)(C)c1cncn1CCCN(C)C(C)C. The van der Waals surface area contributed by atoms with Crippen molar-refractivity contribution in [3.8, 4) is 0 Å². The lowest BCUT2D eigenvalue weighted by Crippen LogP contribution is -2.35. The van der Waals surface area contributed by atoms with Crippen LogP contribution in [0.4, 0.5) is 0 Å². The first-order chi connectivity index (χ1) is 8.38. The van der Waals surface area contributed by atoms with Crippen molar-refractivity contribution in [3.05, 3.63) is 18.2 Å². The zero-order valence-electron chi connectivity index (χ0n) is 12.7. The Morgan fingerprint density at radius 3 is 2.67 bits per heavy atom. The van der Waals surface area contributed by atoms with Crippen LogP contribution in [0.5, 0.6) is 0 Å². The molecule has 0 aromatic carbocycles. The smallest absolute Gasteiger partial charge is 0.0948 e. The number of imidazole rings is 1. The van der Waals surface area contributed by atoms with Gasteiger partial charge in [0.25, 0.3) is 0 Å². The molecule has 4 nitrogen and oxygen atoms in total. The van der Waals surface area contributed by atoms with Crippen molar-refractivity contribution in [2.45, 2.75) is 52.2 Å². The van der Waals surface area contributed by atoms with Crippen molar-refractivity contribution >= 4 is 0 Å². The van der Waals surface area contributed by atoms with E-state index in [2.05, 4.69) is 54.5 Å². The van der Waals surface area contributed by atoms with Crippen LogP contribution in [0, 0.1) is 0 Å². The van der Waals surface area contributed by atoms with E-state index in [1.165, 1.54) is 5.69 Å². The van der Waals surface area contributed by atoms with Crippen LogP contribution in [0.1, 0.15) is 39.8 Å². The van der Waals surface area contributed by atoms with Crippen LogP contribution in [0.3, 0.4) is 0 Å². The van der Waals surface area contributed by atoms with Gasteiger partial charge >= 0.3 is 0 Å². The summed E-state index contributed by atoms with van der Waals surface area (Å²) in [6.45, 7) is 11.0. The van der Waals surface area contributed by atoms with Crippen LogP contribution in [0.25, 0.3) is 0 Å². The van der Waals surface area contributed by atoms with Crippen molar-refractivity contribution in [3.63, 3.8) is 0 Å². The largest absolute Gasteiger partial charge is 0.333 e. The minimum absolute atomic E-state index is 0.0273. The molecule has 104 valence electrons. The third kappa shape index (κ3) is 3.82. The number of aromatic nitrogens is 2. The molecule has 0 fully saturated rings. The van der Waals surface area contributed by atoms with Gasteiger partial charge in [0.15, 0.2) is 0 Å². The predicted octanol–water partition coefficient (Wildman–Crippen LogP) is 2.07. The quantitative estimate of drug-likeness (QED) is 0.806. The van der Waals surface area contributed by atoms with Gasteiger partial charge in [0.2, 0.25) is 0 Å². The number of rotatable bonds is 7. The van der Waals surface area contributed by atoms with Crippen molar-refractivity contribution in [2.75, 3.05) is 20.6 Å². The molecule has 0 aliphatic rings. The maximum Gasteiger partial charge on any atom is 0.0948 e. The highest BCUT2D eigenvalue weighted by molar-refractivity contribution is 5.10. The van der Waals surface area contributed by atoms with E-state index in [1.54, 1.807) is 0 Å². The monoisotopic (exact) mass is 252 g/mol. The van der Waals surface area contributed by atoms with E-state index in [0.717, 1.165) is 19.5 Å². The van der Waals surface area contributed by atoms with Gasteiger partial charge in [0.1, 0.15) is 0 Å². The van der Waals surface area contributed by atoms with Crippen LogP contribution in [0.15, 0.2) is 12.5 Å². The standard InChI is InChI=1S/C14H28N4/c1-12(2)17(6)8-7-9-18-11-16-10-13(18)14(3,4)15-5/h10-12,15H,7-9H2,1-6H3. The second-order valence-electron chi connectivity index (χ2n) is 5.78. The van der Waals surface area contributed by atoms with Gasteiger partial charge in [-0.3, -0.25) is 0 Å². The van der Waals surface area contributed by atoms with E-state index >= 15 is 0 Å². The Bertz CT molecular complexity index is 354. The molecule has 0 unspecified atom stereocenters. The van der Waals surface area contributed by atoms with E-state index in [9.17, 15) is 0 Å². The summed E-state index contributed by atoms with van der Waals surface area (Å²) in [4.78, 5) is 6.65. The first-order valence-corrected chi connectivity index (χ1v) is 6.78. The molecule has 18 heavy (non-hydrogen) atoms. The lowest BCUT2D eigenvalue weighted by atomic mass is 10.0. The Morgan fingerprint density at radius 2 is 2.11 bits per heavy atom. The van der Waals surface area contributed by atoms with E-state index in [4.69, 9.17) is 0 Å². The summed E-state index contributed by atoms with van der Waals surface area (Å²) in [5, 5.41) is 3.33. The minimum Gasteiger partial charge on any atom is -0.333 e. The molecule has 4 heteroatoms. The first kappa shape index (κ1) is 15.2. The number of hydrogen-bond donors (Lipinski definition) is 1. The number of aryl methyl sites for hydroxylation is 1. The van der Waals surface area contributed by atoms with Gasteiger partial charge in [0.05, 0.1) is 17.6 Å². The number of nitrogens with one attached hydrogen (secondary N) is 1. The summed E-state index contributed by atoms with van der Waals surface area (Å²) in [6.07, 6.45) is 5.05. The van der Waals surface area contributed by atoms with Gasteiger partial charge in [-0.2, -0.15) is 0 Å². The van der Waals surface area contributed by atoms with Gasteiger partial charge in [-0.1, -0.05) is 0 Å². The highest BCUT2D eigenvalue weighted by atomic mass is 15.1. The van der Waals surface area contributed by atoms with Gasteiger partial charge in [-0.05, 0) is 54.8 Å². The van der Waals surface area contributed by atoms with E-state index in [1.807, 2.05) is 19.6 Å². The Kier molecular flexibility index (Phi) is 5.35. The van der Waals surface area contributed by atoms with E-state index in [0.29, 0.717) is 6.04 Å². The third-order valence-corrected chi connectivity index (χ3v) is 3.77. The van der Waals surface area contributed by atoms with Crippen LogP contribution in [0.2, 0.25) is 0 Å². The fourth-order valence-electron chi connectivity index (χ4n) is 1.90. The molecule has 0 spiro atoms. The van der Waals surface area contributed by atoms with E-state index in [-0.39, 0.29) is 5.54 Å². The summed E-state index contributed by atoms with van der Waals surface area (Å²) in [6, 6.07) is 0.612. The molecule has 1 heterocycles. The Labute approximate surface area is 111 Å². The highest BCUT2D eigenvalue weighted by Crippen LogP contribution is 2.19. The molecule has 0 atom stereocenters. The maximum absolute atomic E-state index is 4.28. The maximum atomic E-state index is 4.28. The number of hydrogen-bond acceptors (Lipinski definition) is 3.